The van der Waals surface area contributed by atoms with Crippen molar-refractivity contribution in [3.8, 4) is 6.07 Å². The Morgan fingerprint density at radius 1 is 1.36 bits per heavy atom. The van der Waals surface area contributed by atoms with Crippen molar-refractivity contribution >= 4 is 0 Å². The molecule has 0 heterocycles. The third kappa shape index (κ3) is 2.22. The highest BCUT2D eigenvalue weighted by Crippen LogP contribution is 2.30. The third-order valence-corrected chi connectivity index (χ3v) is 2.82. The molecule has 1 nitrogen and oxygen atoms in total. The van der Waals surface area contributed by atoms with Crippen LogP contribution < -0.4 is 0 Å². The molecule has 0 aromatic heterocycles. The molecule has 1 fully saturated rings. The molecule has 11 heavy (non-hydrogen) atoms. The molecule has 0 bridgehead atoms. The van der Waals surface area contributed by atoms with Crippen molar-refractivity contribution in [2.45, 2.75) is 45.4 Å². The van der Waals surface area contributed by atoms with Crippen molar-refractivity contribution in [1.29, 1.82) is 5.26 Å². The van der Waals surface area contributed by atoms with Gasteiger partial charge in [0.1, 0.15) is 0 Å². The molecule has 0 aromatic carbocycles. The number of hydrogen-bond donors (Lipinski definition) is 0. The van der Waals surface area contributed by atoms with Gasteiger partial charge in [0, 0.05) is 5.92 Å². The first-order chi connectivity index (χ1) is 5.38. The summed E-state index contributed by atoms with van der Waals surface area (Å²) in [6.07, 6.45) is 7.73. The van der Waals surface area contributed by atoms with E-state index in [0.29, 0.717) is 5.92 Å². The lowest BCUT2D eigenvalue weighted by molar-refractivity contribution is 0.286. The Bertz CT molecular complexity index is 139. The van der Waals surface area contributed by atoms with Gasteiger partial charge in [-0.2, -0.15) is 5.26 Å². The van der Waals surface area contributed by atoms with Crippen LogP contribution in [0.3, 0.4) is 0 Å². The van der Waals surface area contributed by atoms with Crippen molar-refractivity contribution in [2.75, 3.05) is 0 Å². The summed E-state index contributed by atoms with van der Waals surface area (Å²) in [5.41, 5.74) is 0. The van der Waals surface area contributed by atoms with Crippen LogP contribution in [0.4, 0.5) is 0 Å². The van der Waals surface area contributed by atoms with E-state index in [-0.39, 0.29) is 0 Å². The van der Waals surface area contributed by atoms with E-state index >= 15 is 0 Å². The summed E-state index contributed by atoms with van der Waals surface area (Å²) in [6.45, 7) is 2.13. The van der Waals surface area contributed by atoms with Gasteiger partial charge in [-0.1, -0.05) is 26.2 Å². The molecule has 0 amide bonds. The Labute approximate surface area is 69.4 Å². The summed E-state index contributed by atoms with van der Waals surface area (Å²) in [6, 6.07) is 2.42. The quantitative estimate of drug-likeness (QED) is 0.595. The van der Waals surface area contributed by atoms with Crippen LogP contribution in [0.15, 0.2) is 0 Å². The predicted octanol–water partition coefficient (Wildman–Crippen LogP) is 3.12. The standard InChI is InChI=1S/C10H17N/c1-2-9(8-11)10-6-4-3-5-7-10/h9-10H,2-7H2,1H3. The summed E-state index contributed by atoms with van der Waals surface area (Å²) >= 11 is 0. The van der Waals surface area contributed by atoms with Crippen LogP contribution in [0.5, 0.6) is 0 Å². The molecule has 0 aliphatic heterocycles. The van der Waals surface area contributed by atoms with E-state index in [2.05, 4.69) is 13.0 Å². The fourth-order valence-corrected chi connectivity index (χ4v) is 2.07. The molecular weight excluding hydrogens is 134 g/mol. The van der Waals surface area contributed by atoms with Gasteiger partial charge in [0.25, 0.3) is 0 Å². The van der Waals surface area contributed by atoms with Crippen molar-refractivity contribution in [1.82, 2.24) is 0 Å². The maximum Gasteiger partial charge on any atom is 0.0658 e. The molecule has 1 aliphatic rings. The Balaban J connectivity index is 2.38. The van der Waals surface area contributed by atoms with Gasteiger partial charge >= 0.3 is 0 Å². The molecule has 0 saturated heterocycles. The van der Waals surface area contributed by atoms with Gasteiger partial charge < -0.3 is 0 Å². The maximum absolute atomic E-state index is 8.83. The lowest BCUT2D eigenvalue weighted by Crippen LogP contribution is -2.15. The first kappa shape index (κ1) is 8.59. The van der Waals surface area contributed by atoms with E-state index in [1.165, 1.54) is 32.1 Å². The van der Waals surface area contributed by atoms with Crippen LogP contribution in [0.2, 0.25) is 0 Å². The summed E-state index contributed by atoms with van der Waals surface area (Å²) in [7, 11) is 0. The molecule has 1 unspecified atom stereocenters. The second-order valence-corrected chi connectivity index (χ2v) is 3.54. The van der Waals surface area contributed by atoms with Crippen molar-refractivity contribution < 1.29 is 0 Å². The van der Waals surface area contributed by atoms with Crippen LogP contribution in [0.25, 0.3) is 0 Å². The van der Waals surface area contributed by atoms with Gasteiger partial charge in [-0.15, -0.1) is 0 Å². The van der Waals surface area contributed by atoms with Gasteiger partial charge in [0.15, 0.2) is 0 Å². The van der Waals surface area contributed by atoms with E-state index < -0.39 is 0 Å². The fraction of sp³-hybridized carbons (Fsp3) is 0.900. The summed E-state index contributed by atoms with van der Waals surface area (Å²) in [4.78, 5) is 0. The number of rotatable bonds is 2. The van der Waals surface area contributed by atoms with E-state index in [1.807, 2.05) is 0 Å². The minimum absolute atomic E-state index is 0.343. The van der Waals surface area contributed by atoms with Gasteiger partial charge in [0.2, 0.25) is 0 Å². The monoisotopic (exact) mass is 151 g/mol. The Kier molecular flexibility index (Phi) is 3.42. The highest BCUT2D eigenvalue weighted by molar-refractivity contribution is 4.88. The summed E-state index contributed by atoms with van der Waals surface area (Å²) < 4.78 is 0. The fourth-order valence-electron chi connectivity index (χ4n) is 2.07. The molecule has 1 heteroatoms. The second-order valence-electron chi connectivity index (χ2n) is 3.54. The first-order valence-electron chi connectivity index (χ1n) is 4.78. The molecule has 0 spiro atoms. The zero-order valence-electron chi connectivity index (χ0n) is 7.34. The van der Waals surface area contributed by atoms with Crippen molar-refractivity contribution in [2.24, 2.45) is 11.8 Å². The molecule has 1 rings (SSSR count). The summed E-state index contributed by atoms with van der Waals surface area (Å²) in [5, 5.41) is 8.83. The smallest absolute Gasteiger partial charge is 0.0658 e. The number of nitrogens with zero attached hydrogens (tertiary/aromatic N) is 1. The zero-order chi connectivity index (χ0) is 8.10. The van der Waals surface area contributed by atoms with Gasteiger partial charge in [-0.3, -0.25) is 0 Å². The van der Waals surface area contributed by atoms with Crippen LogP contribution in [0, 0.1) is 23.2 Å². The number of nitriles is 1. The largest absolute Gasteiger partial charge is 0.198 e. The highest BCUT2D eigenvalue weighted by Gasteiger charge is 2.21. The molecule has 1 saturated carbocycles. The summed E-state index contributed by atoms with van der Waals surface area (Å²) in [5.74, 6) is 1.06. The Morgan fingerprint density at radius 2 is 2.00 bits per heavy atom. The van der Waals surface area contributed by atoms with Crippen LogP contribution in [-0.4, -0.2) is 0 Å². The van der Waals surface area contributed by atoms with E-state index in [1.54, 1.807) is 0 Å². The van der Waals surface area contributed by atoms with E-state index in [4.69, 9.17) is 5.26 Å². The molecule has 62 valence electrons. The normalized spacial score (nSPS) is 22.5. The molecule has 0 radical (unpaired) electrons. The van der Waals surface area contributed by atoms with Gasteiger partial charge in [0.05, 0.1) is 6.07 Å². The second kappa shape index (κ2) is 4.38. The minimum Gasteiger partial charge on any atom is -0.198 e. The third-order valence-electron chi connectivity index (χ3n) is 2.82. The zero-order valence-corrected chi connectivity index (χ0v) is 7.34. The molecule has 1 atom stereocenters. The first-order valence-corrected chi connectivity index (χ1v) is 4.78. The molecular formula is C10H17N. The van der Waals surface area contributed by atoms with E-state index in [9.17, 15) is 0 Å². The van der Waals surface area contributed by atoms with Crippen LogP contribution >= 0.6 is 0 Å². The average Bonchev–Trinajstić information content (AvgIpc) is 2.09. The highest BCUT2D eigenvalue weighted by atomic mass is 14.3. The topological polar surface area (TPSA) is 23.8 Å². The van der Waals surface area contributed by atoms with Crippen molar-refractivity contribution in [3.63, 3.8) is 0 Å². The number of hydrogen-bond acceptors (Lipinski definition) is 1. The maximum atomic E-state index is 8.83. The SMILES string of the molecule is CCC(C#N)C1CCCCC1. The lowest BCUT2D eigenvalue weighted by atomic mass is 9.79. The minimum atomic E-state index is 0.343. The molecule has 1 aliphatic carbocycles. The Hall–Kier alpha value is -0.510. The Morgan fingerprint density at radius 3 is 2.45 bits per heavy atom. The van der Waals surface area contributed by atoms with Gasteiger partial charge in [-0.05, 0) is 25.2 Å². The van der Waals surface area contributed by atoms with Gasteiger partial charge in [-0.25, -0.2) is 0 Å². The molecule has 0 aromatic rings. The lowest BCUT2D eigenvalue weighted by Gasteiger charge is -2.24. The van der Waals surface area contributed by atoms with Crippen LogP contribution in [-0.2, 0) is 0 Å². The van der Waals surface area contributed by atoms with Crippen molar-refractivity contribution in [3.05, 3.63) is 0 Å². The van der Waals surface area contributed by atoms with Crippen LogP contribution in [0.1, 0.15) is 45.4 Å². The van der Waals surface area contributed by atoms with E-state index in [0.717, 1.165) is 12.3 Å². The molecule has 0 N–H and O–H groups in total. The average molecular weight is 151 g/mol. The predicted molar refractivity (Wildman–Crippen MR) is 46.0 cm³/mol.